The fourth-order valence-corrected chi connectivity index (χ4v) is 5.04. The average molecular weight is 530 g/mol. The number of nitrogens with zero attached hydrogens (tertiary/aromatic N) is 3. The quantitative estimate of drug-likeness (QED) is 0.472. The highest BCUT2D eigenvalue weighted by Crippen LogP contribution is 2.28. The van der Waals surface area contributed by atoms with E-state index in [0.717, 1.165) is 16.7 Å². The zero-order valence-electron chi connectivity index (χ0n) is 23.4. The van der Waals surface area contributed by atoms with Gasteiger partial charge < -0.3 is 19.5 Å². The van der Waals surface area contributed by atoms with Crippen molar-refractivity contribution in [2.24, 2.45) is 0 Å². The molecule has 206 valence electrons. The molecule has 2 amide bonds. The van der Waals surface area contributed by atoms with Crippen LogP contribution in [0.2, 0.25) is 0 Å². The molecule has 0 saturated carbocycles. The smallest absolute Gasteiger partial charge is 0.255 e. The van der Waals surface area contributed by atoms with E-state index in [1.807, 2.05) is 75.4 Å². The van der Waals surface area contributed by atoms with Crippen LogP contribution >= 0.6 is 0 Å². The standard InChI is InChI=1S/C32H39N3O4/c1-23(2)33(4)31(38)28-21-35(30(37)20-27(28)26-12-8-9-24(3)19-26)22-32(39)15-17-34(18-16-32)29(36)14-13-25-10-6-5-7-11-25/h5-12,19-21,23,39H,13-18,22H2,1-4H3. The number of carbonyl (C=O) groups excluding carboxylic acids is 2. The number of rotatable bonds is 8. The molecule has 4 rings (SSSR count). The van der Waals surface area contributed by atoms with Crippen LogP contribution in [0.4, 0.5) is 0 Å². The van der Waals surface area contributed by atoms with Gasteiger partial charge in [-0.1, -0.05) is 60.2 Å². The minimum absolute atomic E-state index is 0.0174. The van der Waals surface area contributed by atoms with Gasteiger partial charge in [0, 0.05) is 50.4 Å². The fourth-order valence-electron chi connectivity index (χ4n) is 5.04. The number of pyridine rings is 1. The molecule has 1 aliphatic rings. The van der Waals surface area contributed by atoms with Crippen LogP contribution in [0.15, 0.2) is 71.7 Å². The van der Waals surface area contributed by atoms with Crippen molar-refractivity contribution in [3.05, 3.63) is 93.9 Å². The topological polar surface area (TPSA) is 82.9 Å². The Balaban J connectivity index is 1.52. The van der Waals surface area contributed by atoms with E-state index < -0.39 is 5.60 Å². The summed E-state index contributed by atoms with van der Waals surface area (Å²) in [4.78, 5) is 43.0. The first-order valence-electron chi connectivity index (χ1n) is 13.7. The number of amides is 2. The van der Waals surface area contributed by atoms with Gasteiger partial charge in [-0.25, -0.2) is 0 Å². The first-order chi connectivity index (χ1) is 18.6. The SMILES string of the molecule is Cc1cccc(-c2cc(=O)n(CC3(O)CCN(C(=O)CCc4ccccc4)CC3)cc2C(=O)N(C)C(C)C)c1. The molecule has 1 aliphatic heterocycles. The van der Waals surface area contributed by atoms with Gasteiger partial charge in [-0.3, -0.25) is 14.4 Å². The van der Waals surface area contributed by atoms with Crippen LogP contribution in [-0.4, -0.2) is 63.1 Å². The second-order valence-corrected chi connectivity index (χ2v) is 11.0. The number of likely N-dealkylation sites (tertiary alicyclic amines) is 1. The maximum atomic E-state index is 13.5. The Morgan fingerprint density at radius 3 is 2.36 bits per heavy atom. The molecule has 39 heavy (non-hydrogen) atoms. The number of hydrogen-bond acceptors (Lipinski definition) is 4. The molecule has 0 bridgehead atoms. The predicted molar refractivity (Wildman–Crippen MR) is 154 cm³/mol. The van der Waals surface area contributed by atoms with Gasteiger partial charge in [0.15, 0.2) is 0 Å². The highest BCUT2D eigenvalue weighted by molar-refractivity contribution is 6.00. The van der Waals surface area contributed by atoms with E-state index in [1.165, 1.54) is 10.6 Å². The molecule has 1 fully saturated rings. The summed E-state index contributed by atoms with van der Waals surface area (Å²) in [5.41, 5.74) is 2.56. The number of aromatic nitrogens is 1. The minimum Gasteiger partial charge on any atom is -0.388 e. The molecule has 0 atom stereocenters. The van der Waals surface area contributed by atoms with Gasteiger partial charge in [-0.2, -0.15) is 0 Å². The number of carbonyl (C=O) groups is 2. The van der Waals surface area contributed by atoms with Gasteiger partial charge in [0.1, 0.15) is 0 Å². The second-order valence-electron chi connectivity index (χ2n) is 11.0. The summed E-state index contributed by atoms with van der Waals surface area (Å²) >= 11 is 0. The Morgan fingerprint density at radius 2 is 1.72 bits per heavy atom. The average Bonchev–Trinajstić information content (AvgIpc) is 2.92. The summed E-state index contributed by atoms with van der Waals surface area (Å²) in [6, 6.07) is 19.2. The number of aliphatic hydroxyl groups is 1. The van der Waals surface area contributed by atoms with Gasteiger partial charge in [0.05, 0.1) is 17.7 Å². The van der Waals surface area contributed by atoms with E-state index >= 15 is 0 Å². The molecule has 0 aliphatic carbocycles. The number of hydrogen-bond donors (Lipinski definition) is 1. The van der Waals surface area contributed by atoms with Gasteiger partial charge in [-0.15, -0.1) is 0 Å². The molecule has 1 aromatic heterocycles. The summed E-state index contributed by atoms with van der Waals surface area (Å²) in [6.45, 7) is 6.79. The largest absolute Gasteiger partial charge is 0.388 e. The minimum atomic E-state index is -1.14. The molecule has 7 heteroatoms. The van der Waals surface area contributed by atoms with Crippen LogP contribution in [0, 0.1) is 6.92 Å². The normalized spacial score (nSPS) is 14.9. The lowest BCUT2D eigenvalue weighted by Gasteiger charge is -2.38. The molecule has 0 spiro atoms. The summed E-state index contributed by atoms with van der Waals surface area (Å²) in [7, 11) is 1.75. The van der Waals surface area contributed by atoms with Gasteiger partial charge in [-0.05, 0) is 51.2 Å². The Kier molecular flexibility index (Phi) is 8.70. The van der Waals surface area contributed by atoms with Crippen LogP contribution in [0.5, 0.6) is 0 Å². The van der Waals surface area contributed by atoms with E-state index in [1.54, 1.807) is 23.0 Å². The molecule has 1 saturated heterocycles. The third-order valence-electron chi connectivity index (χ3n) is 7.76. The predicted octanol–water partition coefficient (Wildman–Crippen LogP) is 4.29. The van der Waals surface area contributed by atoms with E-state index in [0.29, 0.717) is 49.9 Å². The summed E-state index contributed by atoms with van der Waals surface area (Å²) < 4.78 is 1.45. The van der Waals surface area contributed by atoms with E-state index in [2.05, 4.69) is 0 Å². The molecule has 3 aromatic rings. The number of benzene rings is 2. The Labute approximate surface area is 230 Å². The monoisotopic (exact) mass is 529 g/mol. The number of aryl methyl sites for hydroxylation is 2. The van der Waals surface area contributed by atoms with Crippen LogP contribution in [0.1, 0.15) is 54.6 Å². The van der Waals surface area contributed by atoms with Gasteiger partial charge in [0.2, 0.25) is 5.91 Å². The van der Waals surface area contributed by atoms with E-state index in [4.69, 9.17) is 0 Å². The molecule has 2 aromatic carbocycles. The van der Waals surface area contributed by atoms with Gasteiger partial charge >= 0.3 is 0 Å². The Morgan fingerprint density at radius 1 is 1.03 bits per heavy atom. The summed E-state index contributed by atoms with van der Waals surface area (Å²) in [5.74, 6) is -0.105. The highest BCUT2D eigenvalue weighted by Gasteiger charge is 2.35. The van der Waals surface area contributed by atoms with Crippen molar-refractivity contribution >= 4 is 11.8 Å². The van der Waals surface area contributed by atoms with Crippen molar-refractivity contribution < 1.29 is 14.7 Å². The van der Waals surface area contributed by atoms with Crippen molar-refractivity contribution in [2.45, 2.75) is 64.6 Å². The van der Waals surface area contributed by atoms with Crippen LogP contribution in [-0.2, 0) is 17.8 Å². The molecule has 7 nitrogen and oxygen atoms in total. The van der Waals surface area contributed by atoms with Crippen molar-refractivity contribution in [2.75, 3.05) is 20.1 Å². The zero-order valence-corrected chi connectivity index (χ0v) is 23.4. The van der Waals surface area contributed by atoms with Crippen LogP contribution < -0.4 is 5.56 Å². The van der Waals surface area contributed by atoms with Crippen LogP contribution in [0.3, 0.4) is 0 Å². The number of piperidine rings is 1. The fraction of sp³-hybridized carbons (Fsp3) is 0.406. The van der Waals surface area contributed by atoms with Crippen molar-refractivity contribution in [3.8, 4) is 11.1 Å². The third kappa shape index (κ3) is 6.84. The summed E-state index contributed by atoms with van der Waals surface area (Å²) in [5, 5.41) is 11.4. The molecule has 1 N–H and O–H groups in total. The lowest BCUT2D eigenvalue weighted by molar-refractivity contribution is -0.135. The molecule has 0 unspecified atom stereocenters. The van der Waals surface area contributed by atoms with Crippen molar-refractivity contribution in [1.82, 2.24) is 14.4 Å². The molecular formula is C32H39N3O4. The third-order valence-corrected chi connectivity index (χ3v) is 7.76. The first kappa shape index (κ1) is 28.3. The van der Waals surface area contributed by atoms with E-state index in [9.17, 15) is 19.5 Å². The Hall–Kier alpha value is -3.71. The zero-order chi connectivity index (χ0) is 28.2. The summed E-state index contributed by atoms with van der Waals surface area (Å²) in [6.07, 6.45) is 3.44. The maximum absolute atomic E-state index is 13.5. The maximum Gasteiger partial charge on any atom is 0.255 e. The molecule has 2 heterocycles. The van der Waals surface area contributed by atoms with Crippen LogP contribution in [0.25, 0.3) is 11.1 Å². The van der Waals surface area contributed by atoms with E-state index in [-0.39, 0.29) is 30.0 Å². The molecular weight excluding hydrogens is 490 g/mol. The Bertz CT molecular complexity index is 1370. The lowest BCUT2D eigenvalue weighted by atomic mass is 9.90. The highest BCUT2D eigenvalue weighted by atomic mass is 16.3. The molecule has 0 radical (unpaired) electrons. The van der Waals surface area contributed by atoms with Crippen molar-refractivity contribution in [1.29, 1.82) is 0 Å². The lowest BCUT2D eigenvalue weighted by Crippen LogP contribution is -2.49. The van der Waals surface area contributed by atoms with Gasteiger partial charge in [0.25, 0.3) is 11.5 Å². The first-order valence-corrected chi connectivity index (χ1v) is 13.7. The van der Waals surface area contributed by atoms with Crippen molar-refractivity contribution in [3.63, 3.8) is 0 Å². The second kappa shape index (κ2) is 12.0.